The van der Waals surface area contributed by atoms with E-state index in [4.69, 9.17) is 9.47 Å². The molecule has 0 saturated heterocycles. The van der Waals surface area contributed by atoms with Gasteiger partial charge in [-0.1, -0.05) is 30.3 Å². The molecule has 0 aliphatic carbocycles. The normalized spacial score (nSPS) is 9.76. The largest absolute Gasteiger partial charge is 0.465 e. The molecule has 114 valence electrons. The van der Waals surface area contributed by atoms with Gasteiger partial charge in [0.1, 0.15) is 19.4 Å². The minimum absolute atomic E-state index is 0.111. The molecule has 0 aliphatic heterocycles. The molecule has 0 saturated carbocycles. The first-order chi connectivity index (χ1) is 10.2. The Balaban J connectivity index is 2.53. The lowest BCUT2D eigenvalue weighted by Gasteiger charge is -2.20. The van der Waals surface area contributed by atoms with Crippen LogP contribution in [-0.4, -0.2) is 42.9 Å². The third-order valence-corrected chi connectivity index (χ3v) is 2.61. The van der Waals surface area contributed by atoms with Crippen LogP contribution in [0.15, 0.2) is 30.3 Å². The van der Waals surface area contributed by atoms with Crippen molar-refractivity contribution in [1.29, 1.82) is 0 Å². The number of aldehydes is 1. The Bertz CT molecular complexity index is 460. The molecule has 0 spiro atoms. The molecule has 6 heteroatoms. The van der Waals surface area contributed by atoms with Crippen LogP contribution in [0.3, 0.4) is 0 Å². The summed E-state index contributed by atoms with van der Waals surface area (Å²) in [6.45, 7) is 1.92. The van der Waals surface area contributed by atoms with Gasteiger partial charge in [0.15, 0.2) is 0 Å². The Hall–Kier alpha value is -2.37. The summed E-state index contributed by atoms with van der Waals surface area (Å²) in [6.07, 6.45) is 0.177. The molecule has 21 heavy (non-hydrogen) atoms. The van der Waals surface area contributed by atoms with E-state index < -0.39 is 12.1 Å². The zero-order chi connectivity index (χ0) is 15.5. The molecule has 0 atom stereocenters. The molecule has 0 fully saturated rings. The van der Waals surface area contributed by atoms with Gasteiger partial charge in [-0.3, -0.25) is 9.69 Å². The number of esters is 1. The highest BCUT2D eigenvalue weighted by atomic mass is 16.6. The summed E-state index contributed by atoms with van der Waals surface area (Å²) in [5, 5.41) is 0. The molecule has 1 aromatic rings. The van der Waals surface area contributed by atoms with Gasteiger partial charge in [-0.15, -0.1) is 0 Å². The van der Waals surface area contributed by atoms with E-state index in [1.807, 2.05) is 30.3 Å². The Morgan fingerprint density at radius 1 is 1.19 bits per heavy atom. The van der Waals surface area contributed by atoms with Crippen LogP contribution in [0.4, 0.5) is 4.79 Å². The lowest BCUT2D eigenvalue weighted by atomic mass is 10.2. The summed E-state index contributed by atoms with van der Waals surface area (Å²) in [5.41, 5.74) is 0.845. The molecule has 1 amide bonds. The van der Waals surface area contributed by atoms with Gasteiger partial charge in [-0.2, -0.15) is 0 Å². The number of amides is 1. The number of carbonyl (C=O) groups excluding carboxylic acids is 3. The second-order valence-electron chi connectivity index (χ2n) is 4.22. The summed E-state index contributed by atoms with van der Waals surface area (Å²) in [5.74, 6) is -0.528. The van der Waals surface area contributed by atoms with E-state index in [0.29, 0.717) is 6.29 Å². The summed E-state index contributed by atoms with van der Waals surface area (Å²) < 4.78 is 9.92. The van der Waals surface area contributed by atoms with Gasteiger partial charge in [0.25, 0.3) is 0 Å². The number of hydrogen-bond donors (Lipinski definition) is 0. The fraction of sp³-hybridized carbons (Fsp3) is 0.400. The number of ether oxygens (including phenoxy) is 2. The smallest absolute Gasteiger partial charge is 0.410 e. The molecule has 0 aliphatic rings. The van der Waals surface area contributed by atoms with Gasteiger partial charge >= 0.3 is 12.1 Å². The molecular weight excluding hydrogens is 274 g/mol. The van der Waals surface area contributed by atoms with Crippen LogP contribution in [0.25, 0.3) is 0 Å². The maximum absolute atomic E-state index is 11.9. The molecule has 0 aromatic heterocycles. The molecule has 0 bridgehead atoms. The van der Waals surface area contributed by atoms with Crippen molar-refractivity contribution in [1.82, 2.24) is 4.90 Å². The Labute approximate surface area is 123 Å². The number of carbonyl (C=O) groups is 3. The Morgan fingerprint density at radius 2 is 1.90 bits per heavy atom. The van der Waals surface area contributed by atoms with Gasteiger partial charge in [0.05, 0.1) is 6.61 Å². The Kier molecular flexibility index (Phi) is 7.56. The number of benzene rings is 1. The van der Waals surface area contributed by atoms with E-state index >= 15 is 0 Å². The minimum atomic E-state index is -0.645. The topological polar surface area (TPSA) is 72.9 Å². The lowest BCUT2D eigenvalue weighted by molar-refractivity contribution is -0.144. The molecule has 0 unspecified atom stereocenters. The van der Waals surface area contributed by atoms with E-state index in [1.54, 1.807) is 6.92 Å². The standard InChI is InChI=1S/C15H19NO5/c1-2-20-14(18)11-16(9-6-10-17)15(19)21-12-13-7-4-3-5-8-13/h3-5,7-8,10H,2,6,9,11-12H2,1H3. The van der Waals surface area contributed by atoms with Crippen molar-refractivity contribution >= 4 is 18.3 Å². The van der Waals surface area contributed by atoms with Crippen molar-refractivity contribution < 1.29 is 23.9 Å². The number of rotatable bonds is 8. The zero-order valence-corrected chi connectivity index (χ0v) is 12.0. The second-order valence-corrected chi connectivity index (χ2v) is 4.22. The third kappa shape index (κ3) is 6.56. The van der Waals surface area contributed by atoms with Crippen molar-refractivity contribution in [3.8, 4) is 0 Å². The predicted molar refractivity (Wildman–Crippen MR) is 75.5 cm³/mol. The molecule has 0 N–H and O–H groups in total. The molecular formula is C15H19NO5. The molecule has 0 heterocycles. The first kappa shape index (κ1) is 16.7. The van der Waals surface area contributed by atoms with Gasteiger partial charge in [0, 0.05) is 13.0 Å². The summed E-state index contributed by atoms with van der Waals surface area (Å²) in [4.78, 5) is 35.0. The van der Waals surface area contributed by atoms with E-state index in [0.717, 1.165) is 10.5 Å². The third-order valence-electron chi connectivity index (χ3n) is 2.61. The summed E-state index contributed by atoms with van der Waals surface area (Å²) in [6, 6.07) is 9.20. The van der Waals surface area contributed by atoms with Gasteiger partial charge in [0.2, 0.25) is 0 Å². The van der Waals surface area contributed by atoms with Crippen LogP contribution in [0.2, 0.25) is 0 Å². The lowest BCUT2D eigenvalue weighted by Crippen LogP contribution is -2.37. The number of nitrogens with zero attached hydrogens (tertiary/aromatic N) is 1. The van der Waals surface area contributed by atoms with E-state index in [9.17, 15) is 14.4 Å². The van der Waals surface area contributed by atoms with Crippen LogP contribution >= 0.6 is 0 Å². The maximum Gasteiger partial charge on any atom is 0.410 e. The maximum atomic E-state index is 11.9. The van der Waals surface area contributed by atoms with Crippen molar-refractivity contribution in [3.05, 3.63) is 35.9 Å². The molecule has 0 radical (unpaired) electrons. The van der Waals surface area contributed by atoms with Crippen LogP contribution < -0.4 is 0 Å². The van der Waals surface area contributed by atoms with Crippen LogP contribution in [0.1, 0.15) is 18.9 Å². The van der Waals surface area contributed by atoms with Gasteiger partial charge in [-0.05, 0) is 12.5 Å². The SMILES string of the molecule is CCOC(=O)CN(CCC=O)C(=O)OCc1ccccc1. The first-order valence-corrected chi connectivity index (χ1v) is 6.72. The van der Waals surface area contributed by atoms with Crippen LogP contribution in [-0.2, 0) is 25.7 Å². The van der Waals surface area contributed by atoms with Crippen LogP contribution in [0, 0.1) is 0 Å². The second kappa shape index (κ2) is 9.52. The van der Waals surface area contributed by atoms with E-state index in [1.165, 1.54) is 0 Å². The van der Waals surface area contributed by atoms with Crippen molar-refractivity contribution in [2.24, 2.45) is 0 Å². The fourth-order valence-electron chi connectivity index (χ4n) is 1.62. The van der Waals surface area contributed by atoms with Gasteiger partial charge < -0.3 is 14.3 Å². The van der Waals surface area contributed by atoms with E-state index in [-0.39, 0.29) is 32.7 Å². The number of hydrogen-bond acceptors (Lipinski definition) is 5. The predicted octanol–water partition coefficient (Wildman–Crippen LogP) is 1.78. The van der Waals surface area contributed by atoms with E-state index in [2.05, 4.69) is 0 Å². The quantitative estimate of drug-likeness (QED) is 0.539. The average Bonchev–Trinajstić information content (AvgIpc) is 2.50. The highest BCUT2D eigenvalue weighted by Crippen LogP contribution is 2.04. The monoisotopic (exact) mass is 293 g/mol. The first-order valence-electron chi connectivity index (χ1n) is 6.72. The van der Waals surface area contributed by atoms with Gasteiger partial charge in [-0.25, -0.2) is 4.79 Å². The summed E-state index contributed by atoms with van der Waals surface area (Å²) >= 11 is 0. The van der Waals surface area contributed by atoms with Crippen LogP contribution in [0.5, 0.6) is 0 Å². The molecule has 1 rings (SSSR count). The fourth-order valence-corrected chi connectivity index (χ4v) is 1.62. The average molecular weight is 293 g/mol. The zero-order valence-electron chi connectivity index (χ0n) is 12.0. The highest BCUT2D eigenvalue weighted by Gasteiger charge is 2.18. The summed E-state index contributed by atoms with van der Waals surface area (Å²) in [7, 11) is 0. The van der Waals surface area contributed by atoms with Crippen molar-refractivity contribution in [2.45, 2.75) is 20.0 Å². The molecule has 6 nitrogen and oxygen atoms in total. The Morgan fingerprint density at radius 3 is 2.52 bits per heavy atom. The highest BCUT2D eigenvalue weighted by molar-refractivity contribution is 5.78. The van der Waals surface area contributed by atoms with Crippen molar-refractivity contribution in [2.75, 3.05) is 19.7 Å². The van der Waals surface area contributed by atoms with Crippen molar-refractivity contribution in [3.63, 3.8) is 0 Å². The minimum Gasteiger partial charge on any atom is -0.465 e. The molecule has 1 aromatic carbocycles.